The van der Waals surface area contributed by atoms with Crippen LogP contribution in [0.2, 0.25) is 0 Å². The summed E-state index contributed by atoms with van der Waals surface area (Å²) in [4.78, 5) is 17.3. The van der Waals surface area contributed by atoms with Gasteiger partial charge in [-0.1, -0.05) is 24.6 Å². The van der Waals surface area contributed by atoms with Gasteiger partial charge in [-0.2, -0.15) is 9.40 Å². The van der Waals surface area contributed by atoms with Crippen molar-refractivity contribution in [2.24, 2.45) is 0 Å². The van der Waals surface area contributed by atoms with Gasteiger partial charge in [-0.05, 0) is 44.8 Å². The first kappa shape index (κ1) is 21.3. The maximum absolute atomic E-state index is 13.2. The van der Waals surface area contributed by atoms with Crippen LogP contribution in [0.1, 0.15) is 42.6 Å². The molecular formula is C21H31N5O3S. The summed E-state index contributed by atoms with van der Waals surface area (Å²) in [6.07, 6.45) is 6.47. The van der Waals surface area contributed by atoms with E-state index in [1.54, 1.807) is 9.21 Å². The summed E-state index contributed by atoms with van der Waals surface area (Å²) in [5.74, 6) is -0.137. The molecule has 0 saturated carbocycles. The largest absolute Gasteiger partial charge is 0.336 e. The van der Waals surface area contributed by atoms with Crippen LogP contribution in [0.3, 0.4) is 0 Å². The molecule has 0 bridgehead atoms. The van der Waals surface area contributed by atoms with Gasteiger partial charge in [0, 0.05) is 37.6 Å². The Kier molecular flexibility index (Phi) is 6.40. The number of benzene rings is 1. The average molecular weight is 434 g/mol. The van der Waals surface area contributed by atoms with Crippen LogP contribution in [0.5, 0.6) is 0 Å². The van der Waals surface area contributed by atoms with Crippen LogP contribution in [-0.4, -0.2) is 90.2 Å². The summed E-state index contributed by atoms with van der Waals surface area (Å²) in [7, 11) is -3.36. The van der Waals surface area contributed by atoms with E-state index < -0.39 is 10.0 Å². The highest BCUT2D eigenvalue weighted by Crippen LogP contribution is 2.23. The van der Waals surface area contributed by atoms with Crippen molar-refractivity contribution in [3.63, 3.8) is 0 Å². The van der Waals surface area contributed by atoms with Gasteiger partial charge in [0.2, 0.25) is 10.0 Å². The molecule has 3 heterocycles. The minimum absolute atomic E-state index is 0.137. The number of likely N-dealkylation sites (tertiary alicyclic amines) is 2. The molecule has 2 aliphatic rings. The highest BCUT2D eigenvalue weighted by atomic mass is 32.2. The topological polar surface area (TPSA) is 89.6 Å². The second-order valence-electron chi connectivity index (χ2n) is 8.44. The number of hydrogen-bond donors (Lipinski definition) is 1. The van der Waals surface area contributed by atoms with Gasteiger partial charge >= 0.3 is 0 Å². The maximum atomic E-state index is 13.2. The molecule has 0 aliphatic carbocycles. The van der Waals surface area contributed by atoms with Gasteiger partial charge in [-0.15, -0.1) is 0 Å². The number of aromatic amines is 1. The molecule has 1 unspecified atom stereocenters. The van der Waals surface area contributed by atoms with Crippen molar-refractivity contribution < 1.29 is 13.2 Å². The molecule has 4 rings (SSSR count). The van der Waals surface area contributed by atoms with Crippen LogP contribution in [-0.2, 0) is 10.0 Å². The third-order valence-corrected chi connectivity index (χ3v) is 7.61. The Hall–Kier alpha value is -1.97. The van der Waals surface area contributed by atoms with Gasteiger partial charge in [0.15, 0.2) is 5.69 Å². The van der Waals surface area contributed by atoms with Gasteiger partial charge in [0.05, 0.1) is 11.8 Å². The number of aromatic nitrogens is 2. The Morgan fingerprint density at radius 3 is 2.70 bits per heavy atom. The maximum Gasteiger partial charge on any atom is 0.275 e. The molecular weight excluding hydrogens is 402 g/mol. The number of H-pyrrole nitrogens is 1. The SMILES string of the molecule is CS(=O)(=O)N(CCN1CCCCC1)C1CCCN(C(=O)c2n[nH]c3ccccc23)C1. The number of nitrogens with zero attached hydrogens (tertiary/aromatic N) is 4. The second-order valence-corrected chi connectivity index (χ2v) is 10.4. The molecule has 0 radical (unpaired) electrons. The van der Waals surface area contributed by atoms with Crippen molar-refractivity contribution in [1.29, 1.82) is 0 Å². The average Bonchev–Trinajstić information content (AvgIpc) is 3.17. The molecule has 1 amide bonds. The number of fused-ring (bicyclic) bond motifs is 1. The molecule has 30 heavy (non-hydrogen) atoms. The molecule has 0 spiro atoms. The first-order valence-electron chi connectivity index (χ1n) is 10.8. The third-order valence-electron chi connectivity index (χ3n) is 6.28. The first-order valence-corrected chi connectivity index (χ1v) is 12.7. The molecule has 9 heteroatoms. The van der Waals surface area contributed by atoms with Crippen molar-refractivity contribution in [1.82, 2.24) is 24.3 Å². The summed E-state index contributed by atoms with van der Waals surface area (Å²) >= 11 is 0. The lowest BCUT2D eigenvalue weighted by Gasteiger charge is -2.39. The summed E-state index contributed by atoms with van der Waals surface area (Å²) in [5.41, 5.74) is 1.24. The highest BCUT2D eigenvalue weighted by molar-refractivity contribution is 7.88. The third kappa shape index (κ3) is 4.68. The summed E-state index contributed by atoms with van der Waals surface area (Å²) in [5, 5.41) is 7.95. The molecule has 2 saturated heterocycles. The van der Waals surface area contributed by atoms with Gasteiger partial charge in [0.1, 0.15) is 0 Å². The van der Waals surface area contributed by atoms with E-state index in [4.69, 9.17) is 0 Å². The number of carbonyl (C=O) groups excluding carboxylic acids is 1. The van der Waals surface area contributed by atoms with Gasteiger partial charge in [-0.25, -0.2) is 8.42 Å². The summed E-state index contributed by atoms with van der Waals surface area (Å²) < 4.78 is 26.8. The Balaban J connectivity index is 1.47. The van der Waals surface area contributed by atoms with Crippen molar-refractivity contribution in [3.05, 3.63) is 30.0 Å². The molecule has 1 atom stereocenters. The minimum atomic E-state index is -3.36. The fraction of sp³-hybridized carbons (Fsp3) is 0.619. The van der Waals surface area contributed by atoms with Crippen LogP contribution in [0.15, 0.2) is 24.3 Å². The number of sulfonamides is 1. The minimum Gasteiger partial charge on any atom is -0.336 e. The lowest BCUT2D eigenvalue weighted by Crippen LogP contribution is -2.53. The van der Waals surface area contributed by atoms with E-state index in [1.807, 2.05) is 24.3 Å². The fourth-order valence-corrected chi connectivity index (χ4v) is 5.82. The van der Waals surface area contributed by atoms with E-state index in [0.29, 0.717) is 25.3 Å². The Morgan fingerprint density at radius 1 is 1.17 bits per heavy atom. The van der Waals surface area contributed by atoms with E-state index >= 15 is 0 Å². The van der Waals surface area contributed by atoms with Crippen LogP contribution in [0, 0.1) is 0 Å². The lowest BCUT2D eigenvalue weighted by atomic mass is 10.0. The van der Waals surface area contributed by atoms with Crippen molar-refractivity contribution in [2.75, 3.05) is 45.5 Å². The number of hydrogen-bond acceptors (Lipinski definition) is 5. The number of carbonyl (C=O) groups is 1. The van der Waals surface area contributed by atoms with E-state index in [-0.39, 0.29) is 11.9 Å². The van der Waals surface area contributed by atoms with Crippen LogP contribution < -0.4 is 0 Å². The number of amides is 1. The fourth-order valence-electron chi connectivity index (χ4n) is 4.69. The monoisotopic (exact) mass is 433 g/mol. The van der Waals surface area contributed by atoms with Gasteiger partial charge in [0.25, 0.3) is 5.91 Å². The Bertz CT molecular complexity index is 983. The van der Waals surface area contributed by atoms with E-state index in [2.05, 4.69) is 15.1 Å². The predicted octanol–water partition coefficient (Wildman–Crippen LogP) is 1.92. The first-order chi connectivity index (χ1) is 14.4. The second kappa shape index (κ2) is 9.03. The smallest absolute Gasteiger partial charge is 0.275 e. The van der Waals surface area contributed by atoms with Crippen molar-refractivity contribution in [2.45, 2.75) is 38.1 Å². The normalized spacial score (nSPS) is 21.4. The molecule has 1 N–H and O–H groups in total. The van der Waals surface area contributed by atoms with Crippen LogP contribution in [0.25, 0.3) is 10.9 Å². The van der Waals surface area contributed by atoms with Crippen LogP contribution >= 0.6 is 0 Å². The zero-order chi connectivity index (χ0) is 21.1. The number of piperidine rings is 2. The lowest BCUT2D eigenvalue weighted by molar-refractivity contribution is 0.0643. The molecule has 2 fully saturated rings. The van der Waals surface area contributed by atoms with Crippen molar-refractivity contribution >= 4 is 26.8 Å². The molecule has 1 aromatic carbocycles. The summed E-state index contributed by atoms with van der Waals surface area (Å²) in [6, 6.07) is 7.38. The number of nitrogens with one attached hydrogen (secondary N) is 1. The number of rotatable bonds is 6. The quantitative estimate of drug-likeness (QED) is 0.752. The van der Waals surface area contributed by atoms with Gasteiger partial charge in [-0.3, -0.25) is 9.89 Å². The van der Waals surface area contributed by atoms with Crippen molar-refractivity contribution in [3.8, 4) is 0 Å². The Labute approximate surface area is 178 Å². The van der Waals surface area contributed by atoms with Gasteiger partial charge < -0.3 is 9.80 Å². The van der Waals surface area contributed by atoms with E-state index in [0.717, 1.165) is 43.4 Å². The zero-order valence-electron chi connectivity index (χ0n) is 17.6. The van der Waals surface area contributed by atoms with E-state index in [9.17, 15) is 13.2 Å². The summed E-state index contributed by atoms with van der Waals surface area (Å²) in [6.45, 7) is 4.35. The predicted molar refractivity (Wildman–Crippen MR) is 117 cm³/mol. The van der Waals surface area contributed by atoms with Crippen LogP contribution in [0.4, 0.5) is 0 Å². The molecule has 164 valence electrons. The molecule has 8 nitrogen and oxygen atoms in total. The number of para-hydroxylation sites is 1. The molecule has 2 aliphatic heterocycles. The molecule has 1 aromatic heterocycles. The zero-order valence-corrected chi connectivity index (χ0v) is 18.4. The molecule has 2 aromatic rings. The Morgan fingerprint density at radius 2 is 1.93 bits per heavy atom. The standard InChI is InChI=1S/C21H31N5O3S/c1-30(28,29)26(15-14-24-11-5-2-6-12-24)17-8-7-13-25(16-17)21(27)20-18-9-3-4-10-19(18)22-23-20/h3-4,9-10,17H,2,5-8,11-16H2,1H3,(H,22,23). The highest BCUT2D eigenvalue weighted by Gasteiger charge is 2.34. The van der Waals surface area contributed by atoms with E-state index in [1.165, 1.54) is 25.5 Å².